The van der Waals surface area contributed by atoms with Crippen LogP contribution in [0.3, 0.4) is 0 Å². The first kappa shape index (κ1) is 38.3. The Balaban J connectivity index is 1.28. The van der Waals surface area contributed by atoms with Gasteiger partial charge in [-0.25, -0.2) is 0 Å². The highest BCUT2D eigenvalue weighted by Gasteiger charge is 2.63. The summed E-state index contributed by atoms with van der Waals surface area (Å²) in [6.07, 6.45) is 2.04. The number of methoxy groups -OCH3 is 2. The third-order valence-electron chi connectivity index (χ3n) is 13.3. The van der Waals surface area contributed by atoms with E-state index in [-0.39, 0.29) is 60.1 Å². The van der Waals surface area contributed by atoms with Crippen molar-refractivity contribution in [3.05, 3.63) is 0 Å². The number of aliphatic hydroxyl groups excluding tert-OH is 1. The lowest BCUT2D eigenvalue weighted by molar-refractivity contribution is -0.346. The highest BCUT2D eigenvalue weighted by Crippen LogP contribution is 2.54. The molecule has 0 aromatic carbocycles. The lowest BCUT2D eigenvalue weighted by Gasteiger charge is -2.52. The first-order chi connectivity index (χ1) is 22.4. The number of aliphatic hydroxyl groups is 2. The lowest BCUT2D eigenvalue weighted by Crippen LogP contribution is -2.60. The molecule has 1 spiro atoms. The van der Waals surface area contributed by atoms with Crippen molar-refractivity contribution in [1.29, 1.82) is 0 Å². The third kappa shape index (κ3) is 6.40. The number of hydrogen-bond donors (Lipinski definition) is 3. The van der Waals surface area contributed by atoms with E-state index in [0.717, 1.165) is 19.3 Å². The molecule has 0 radical (unpaired) electrons. The Morgan fingerprint density at radius 2 is 1.65 bits per heavy atom. The summed E-state index contributed by atoms with van der Waals surface area (Å²) in [4.78, 5) is 11.9. The molecular weight excluding hydrogens is 620 g/mol. The van der Waals surface area contributed by atoms with Crippen LogP contribution in [0.25, 0.3) is 0 Å². The maximum atomic E-state index is 11.9. The molecule has 0 aromatic rings. The van der Waals surface area contributed by atoms with Crippen LogP contribution < -0.4 is 0 Å². The first-order valence-electron chi connectivity index (χ1n) is 18.5. The summed E-state index contributed by atoms with van der Waals surface area (Å²) in [6, 6.07) is 0. The van der Waals surface area contributed by atoms with E-state index in [1.54, 1.807) is 21.1 Å². The summed E-state index contributed by atoms with van der Waals surface area (Å²) in [5, 5.41) is 32.3. The van der Waals surface area contributed by atoms with Gasteiger partial charge in [0.1, 0.15) is 6.10 Å². The number of rotatable bonds is 11. The Labute approximate surface area is 287 Å². The molecule has 5 saturated heterocycles. The standard InChI is InChI=1S/C37H64O11/c1-12-27(38)35(9)18-20(3)37(41,48-35)28-17-19(2)32(44-28)34(8)15-13-25(45-34)26-14-16-36(46-26)24(7)31(43-11)22(5)30(47-36)21(4)29(42-10)23(6)33(39)40/h19-32,38,41H,12-18H2,1-11H3,(H,39,40)/t19-,20-,21-,22-,23-,24+,25+,26-,27+,28+,29+,30+,31+,32+,34-,35-,36-,37-/m0/s1. The Bertz CT molecular complexity index is 1140. The van der Waals surface area contributed by atoms with Crippen LogP contribution in [0.15, 0.2) is 0 Å². The molecule has 5 aliphatic rings. The molecular formula is C37H64O11. The molecule has 5 aliphatic heterocycles. The first-order valence-corrected chi connectivity index (χ1v) is 18.5. The number of carboxylic acids is 1. The molecule has 0 amide bonds. The van der Waals surface area contributed by atoms with Crippen LogP contribution in [-0.2, 0) is 38.0 Å². The topological polar surface area (TPSA) is 142 Å². The van der Waals surface area contributed by atoms with Crippen molar-refractivity contribution in [2.24, 2.45) is 35.5 Å². The van der Waals surface area contributed by atoms with Gasteiger partial charge < -0.3 is 48.5 Å². The fourth-order valence-electron chi connectivity index (χ4n) is 10.4. The van der Waals surface area contributed by atoms with Gasteiger partial charge >= 0.3 is 5.97 Å². The zero-order valence-electron chi connectivity index (χ0n) is 31.1. The van der Waals surface area contributed by atoms with Crippen LogP contribution in [0.4, 0.5) is 0 Å². The van der Waals surface area contributed by atoms with E-state index in [9.17, 15) is 20.1 Å². The number of carboxylic acid groups (broad SMARTS) is 1. The van der Waals surface area contributed by atoms with E-state index >= 15 is 0 Å². The molecule has 48 heavy (non-hydrogen) atoms. The Morgan fingerprint density at radius 1 is 1.00 bits per heavy atom. The Morgan fingerprint density at radius 3 is 2.25 bits per heavy atom. The molecule has 3 N–H and O–H groups in total. The number of ether oxygens (including phenoxy) is 7. The van der Waals surface area contributed by atoms with Crippen LogP contribution in [-0.4, -0.2) is 107 Å². The average molecular weight is 685 g/mol. The van der Waals surface area contributed by atoms with Gasteiger partial charge in [-0.1, -0.05) is 41.5 Å². The SMILES string of the molecule is CC[C@@H](O)[C@]1(C)C[C@H](C)[C@@](O)([C@H]2C[C@H](C)[C@H]([C@]3(C)CC[C@H]([C@@H]4CC[C@@]5(O[C@H]([C@@H](C)[C@@H](OC)[C@H](C)C(=O)O)[C@H](C)[C@@H](OC)[C@H]5C)O4)O3)O2)O1. The predicted molar refractivity (Wildman–Crippen MR) is 177 cm³/mol. The van der Waals surface area contributed by atoms with Crippen molar-refractivity contribution in [3.8, 4) is 0 Å². The van der Waals surface area contributed by atoms with Crippen molar-refractivity contribution in [2.45, 2.75) is 179 Å². The van der Waals surface area contributed by atoms with Crippen LogP contribution in [0.2, 0.25) is 0 Å². The van der Waals surface area contributed by atoms with Crippen molar-refractivity contribution in [2.75, 3.05) is 14.2 Å². The Kier molecular flexibility index (Phi) is 11.1. The van der Waals surface area contributed by atoms with Crippen LogP contribution in [0.1, 0.15) is 107 Å². The van der Waals surface area contributed by atoms with E-state index in [1.807, 2.05) is 27.7 Å². The van der Waals surface area contributed by atoms with Gasteiger partial charge in [-0.15, -0.1) is 0 Å². The van der Waals surface area contributed by atoms with Gasteiger partial charge in [0.2, 0.25) is 0 Å². The second-order valence-electron chi connectivity index (χ2n) is 16.6. The van der Waals surface area contributed by atoms with Crippen molar-refractivity contribution in [3.63, 3.8) is 0 Å². The second kappa shape index (κ2) is 13.9. The molecule has 0 unspecified atom stereocenters. The van der Waals surface area contributed by atoms with Crippen molar-refractivity contribution >= 4 is 5.97 Å². The van der Waals surface area contributed by atoms with Gasteiger partial charge in [0.05, 0.1) is 59.8 Å². The minimum Gasteiger partial charge on any atom is -0.481 e. The summed E-state index contributed by atoms with van der Waals surface area (Å²) in [6.45, 7) is 17.9. The van der Waals surface area contributed by atoms with Gasteiger partial charge in [0.25, 0.3) is 0 Å². The maximum Gasteiger partial charge on any atom is 0.308 e. The third-order valence-corrected chi connectivity index (χ3v) is 13.3. The maximum absolute atomic E-state index is 11.9. The van der Waals surface area contributed by atoms with Crippen LogP contribution in [0.5, 0.6) is 0 Å². The van der Waals surface area contributed by atoms with E-state index in [4.69, 9.17) is 33.2 Å². The molecule has 0 saturated carbocycles. The highest BCUT2D eigenvalue weighted by molar-refractivity contribution is 5.70. The molecule has 11 heteroatoms. The average Bonchev–Trinajstić information content (AvgIpc) is 3.80. The van der Waals surface area contributed by atoms with E-state index in [1.165, 1.54) is 0 Å². The summed E-state index contributed by atoms with van der Waals surface area (Å²) in [5.74, 6) is -4.30. The van der Waals surface area contributed by atoms with Crippen molar-refractivity contribution < 1.29 is 53.3 Å². The van der Waals surface area contributed by atoms with E-state index < -0.39 is 53.0 Å². The van der Waals surface area contributed by atoms with Gasteiger partial charge in [-0.2, -0.15) is 0 Å². The molecule has 278 valence electrons. The number of aliphatic carboxylic acids is 1. The van der Waals surface area contributed by atoms with Gasteiger partial charge in [0, 0.05) is 44.3 Å². The largest absolute Gasteiger partial charge is 0.481 e. The second-order valence-corrected chi connectivity index (χ2v) is 16.6. The quantitative estimate of drug-likeness (QED) is 0.273. The molecule has 18 atom stereocenters. The molecule has 0 bridgehead atoms. The summed E-state index contributed by atoms with van der Waals surface area (Å²) < 4.78 is 45.6. The monoisotopic (exact) mass is 684 g/mol. The molecule has 11 nitrogen and oxygen atoms in total. The molecule has 5 heterocycles. The molecule has 0 aliphatic carbocycles. The highest BCUT2D eigenvalue weighted by atomic mass is 16.7. The summed E-state index contributed by atoms with van der Waals surface area (Å²) in [5.41, 5.74) is -1.39. The number of carbonyl (C=O) groups is 1. The minimum absolute atomic E-state index is 0.00335. The molecule has 5 rings (SSSR count). The van der Waals surface area contributed by atoms with Gasteiger partial charge in [-0.05, 0) is 65.2 Å². The Hall–Kier alpha value is -0.890. The van der Waals surface area contributed by atoms with Gasteiger partial charge in [-0.3, -0.25) is 4.79 Å². The van der Waals surface area contributed by atoms with Crippen LogP contribution in [0, 0.1) is 35.5 Å². The zero-order valence-corrected chi connectivity index (χ0v) is 31.1. The smallest absolute Gasteiger partial charge is 0.308 e. The summed E-state index contributed by atoms with van der Waals surface area (Å²) in [7, 11) is 3.28. The van der Waals surface area contributed by atoms with Crippen molar-refractivity contribution in [1.82, 2.24) is 0 Å². The summed E-state index contributed by atoms with van der Waals surface area (Å²) >= 11 is 0. The number of hydrogen-bond acceptors (Lipinski definition) is 10. The zero-order chi connectivity index (χ0) is 35.6. The van der Waals surface area contributed by atoms with E-state index in [2.05, 4.69) is 27.7 Å². The predicted octanol–water partition coefficient (Wildman–Crippen LogP) is 4.93. The molecule has 5 fully saturated rings. The lowest BCUT2D eigenvalue weighted by atomic mass is 9.74. The minimum atomic E-state index is -1.48. The fraction of sp³-hybridized carbons (Fsp3) is 0.973. The fourth-order valence-corrected chi connectivity index (χ4v) is 10.4. The van der Waals surface area contributed by atoms with E-state index in [0.29, 0.717) is 25.7 Å². The molecule has 0 aromatic heterocycles. The van der Waals surface area contributed by atoms with Crippen LogP contribution >= 0.6 is 0 Å². The van der Waals surface area contributed by atoms with Gasteiger partial charge in [0.15, 0.2) is 11.6 Å². The normalized spacial score (nSPS) is 50.5.